The van der Waals surface area contributed by atoms with Crippen LogP contribution in [-0.2, 0) is 6.42 Å². The van der Waals surface area contributed by atoms with Gasteiger partial charge in [-0.25, -0.2) is 0 Å². The maximum absolute atomic E-state index is 3.58. The van der Waals surface area contributed by atoms with E-state index in [9.17, 15) is 0 Å². The molecular weight excluding hydrogens is 296 g/mol. The molecule has 0 N–H and O–H groups in total. The summed E-state index contributed by atoms with van der Waals surface area (Å²) in [6, 6.07) is 17.5. The van der Waals surface area contributed by atoms with E-state index in [1.807, 2.05) is 0 Å². The second-order valence-electron chi connectivity index (χ2n) is 5.07. The Morgan fingerprint density at radius 1 is 1.05 bits per heavy atom. The first-order valence-corrected chi connectivity index (χ1v) is 7.65. The molecule has 2 aromatic carbocycles. The molecule has 0 atom stereocenters. The van der Waals surface area contributed by atoms with Crippen molar-refractivity contribution in [2.24, 2.45) is 0 Å². The predicted octanol–water partition coefficient (Wildman–Crippen LogP) is 5.61. The number of hydrogen-bond acceptors (Lipinski definition) is 0. The van der Waals surface area contributed by atoms with Gasteiger partial charge in [0, 0.05) is 4.47 Å². The van der Waals surface area contributed by atoms with Crippen molar-refractivity contribution in [3.8, 4) is 0 Å². The minimum atomic E-state index is 1.10. The van der Waals surface area contributed by atoms with Gasteiger partial charge in [0.25, 0.3) is 0 Å². The molecule has 1 heteroatoms. The van der Waals surface area contributed by atoms with Gasteiger partial charge in [0.1, 0.15) is 0 Å². The molecule has 1 aliphatic carbocycles. The van der Waals surface area contributed by atoms with E-state index in [1.165, 1.54) is 39.6 Å². The van der Waals surface area contributed by atoms with Gasteiger partial charge in [-0.3, -0.25) is 0 Å². The lowest BCUT2D eigenvalue weighted by atomic mass is 9.96. The van der Waals surface area contributed by atoms with Crippen molar-refractivity contribution < 1.29 is 0 Å². The third kappa shape index (κ3) is 2.40. The van der Waals surface area contributed by atoms with Gasteiger partial charge in [-0.2, -0.15) is 0 Å². The van der Waals surface area contributed by atoms with Gasteiger partial charge in [0.15, 0.2) is 0 Å². The fourth-order valence-corrected chi connectivity index (χ4v) is 3.35. The van der Waals surface area contributed by atoms with Crippen molar-refractivity contribution in [3.63, 3.8) is 0 Å². The molecule has 3 rings (SSSR count). The van der Waals surface area contributed by atoms with Crippen molar-refractivity contribution in [1.82, 2.24) is 0 Å². The Kier molecular flexibility index (Phi) is 3.56. The number of rotatable bonds is 3. The maximum Gasteiger partial charge on any atom is 0.0178 e. The van der Waals surface area contributed by atoms with E-state index in [0.29, 0.717) is 0 Å². The zero-order valence-corrected chi connectivity index (χ0v) is 12.7. The van der Waals surface area contributed by atoms with E-state index in [1.54, 1.807) is 5.57 Å². The Hall–Kier alpha value is -1.34. The number of allylic oxidation sites excluding steroid dienone is 1. The largest absolute Gasteiger partial charge is 0.0651 e. The van der Waals surface area contributed by atoms with Crippen LogP contribution >= 0.6 is 15.9 Å². The van der Waals surface area contributed by atoms with Crippen LogP contribution in [0.15, 0.2) is 58.6 Å². The molecule has 0 unspecified atom stereocenters. The lowest BCUT2D eigenvalue weighted by Gasteiger charge is -2.08. The van der Waals surface area contributed by atoms with Gasteiger partial charge in [0.2, 0.25) is 0 Å². The van der Waals surface area contributed by atoms with Gasteiger partial charge in [-0.1, -0.05) is 71.2 Å². The third-order valence-electron chi connectivity index (χ3n) is 3.71. The summed E-state index contributed by atoms with van der Waals surface area (Å²) in [5.41, 5.74) is 7.27. The highest BCUT2D eigenvalue weighted by molar-refractivity contribution is 9.10. The van der Waals surface area contributed by atoms with Crippen LogP contribution in [0.4, 0.5) is 0 Å². The molecule has 0 saturated heterocycles. The predicted molar refractivity (Wildman–Crippen MR) is 85.2 cm³/mol. The highest BCUT2D eigenvalue weighted by Crippen LogP contribution is 2.40. The molecule has 0 aliphatic heterocycles. The van der Waals surface area contributed by atoms with Gasteiger partial charge >= 0.3 is 0 Å². The van der Waals surface area contributed by atoms with E-state index in [0.717, 1.165) is 6.42 Å². The maximum atomic E-state index is 3.58. The van der Waals surface area contributed by atoms with Gasteiger partial charge < -0.3 is 0 Å². The molecule has 0 aromatic heterocycles. The fraction of sp³-hybridized carbons (Fsp3) is 0.222. The molecule has 2 aromatic rings. The van der Waals surface area contributed by atoms with Crippen LogP contribution in [-0.4, -0.2) is 0 Å². The standard InChI is InChI=1S/C18H17Br/c1-2-6-14-11-15-12-16(19)9-10-17(15)18(14)13-7-4-3-5-8-13/h3-5,7-10,12H,2,6,11H2,1H3. The van der Waals surface area contributed by atoms with Gasteiger partial charge in [0.05, 0.1) is 0 Å². The highest BCUT2D eigenvalue weighted by Gasteiger charge is 2.21. The molecule has 1 aliphatic rings. The Labute approximate surface area is 123 Å². The average Bonchev–Trinajstić information content (AvgIpc) is 2.77. The van der Waals surface area contributed by atoms with Crippen LogP contribution < -0.4 is 0 Å². The minimum Gasteiger partial charge on any atom is -0.0651 e. The Bertz CT molecular complexity index is 623. The van der Waals surface area contributed by atoms with Gasteiger partial charge in [-0.15, -0.1) is 0 Å². The third-order valence-corrected chi connectivity index (χ3v) is 4.20. The molecule has 96 valence electrons. The first-order valence-electron chi connectivity index (χ1n) is 6.86. The molecule has 0 fully saturated rings. The summed E-state index contributed by atoms with van der Waals surface area (Å²) in [7, 11) is 0. The van der Waals surface area contributed by atoms with Crippen molar-refractivity contribution in [1.29, 1.82) is 0 Å². The molecule has 0 nitrogen and oxygen atoms in total. The van der Waals surface area contributed by atoms with Crippen LogP contribution in [0.25, 0.3) is 5.57 Å². The number of benzene rings is 2. The smallest absolute Gasteiger partial charge is 0.0178 e. The van der Waals surface area contributed by atoms with E-state index < -0.39 is 0 Å². The topological polar surface area (TPSA) is 0 Å². The van der Waals surface area contributed by atoms with Crippen molar-refractivity contribution in [3.05, 3.63) is 75.3 Å². The molecule has 19 heavy (non-hydrogen) atoms. The second kappa shape index (κ2) is 5.34. The summed E-state index contributed by atoms with van der Waals surface area (Å²) in [6.45, 7) is 2.26. The highest BCUT2D eigenvalue weighted by atomic mass is 79.9. The normalized spacial score (nSPS) is 13.8. The van der Waals surface area contributed by atoms with E-state index in [2.05, 4.69) is 71.4 Å². The Morgan fingerprint density at radius 3 is 2.58 bits per heavy atom. The number of fused-ring (bicyclic) bond motifs is 1. The summed E-state index contributed by atoms with van der Waals surface area (Å²) in [5.74, 6) is 0. The molecule has 0 amide bonds. The molecule has 0 bridgehead atoms. The van der Waals surface area contributed by atoms with Crippen LogP contribution in [0.2, 0.25) is 0 Å². The molecule has 0 heterocycles. The molecule has 0 radical (unpaired) electrons. The van der Waals surface area contributed by atoms with E-state index in [-0.39, 0.29) is 0 Å². The van der Waals surface area contributed by atoms with Crippen molar-refractivity contribution in [2.45, 2.75) is 26.2 Å². The zero-order chi connectivity index (χ0) is 13.2. The lowest BCUT2D eigenvalue weighted by molar-refractivity contribution is 0.884. The second-order valence-corrected chi connectivity index (χ2v) is 5.99. The summed E-state index contributed by atoms with van der Waals surface area (Å²) in [5, 5.41) is 0. The molecule has 0 saturated carbocycles. The van der Waals surface area contributed by atoms with Crippen molar-refractivity contribution >= 4 is 21.5 Å². The van der Waals surface area contributed by atoms with Crippen LogP contribution in [0.3, 0.4) is 0 Å². The summed E-state index contributed by atoms with van der Waals surface area (Å²) in [4.78, 5) is 0. The number of hydrogen-bond donors (Lipinski definition) is 0. The van der Waals surface area contributed by atoms with E-state index >= 15 is 0 Å². The summed E-state index contributed by atoms with van der Waals surface area (Å²) in [6.07, 6.45) is 3.50. The monoisotopic (exact) mass is 312 g/mol. The van der Waals surface area contributed by atoms with Crippen LogP contribution in [0, 0.1) is 0 Å². The SMILES string of the molecule is CCCC1=C(c2ccccc2)c2ccc(Br)cc2C1. The first kappa shape index (κ1) is 12.7. The first-order chi connectivity index (χ1) is 9.29. The van der Waals surface area contributed by atoms with Crippen molar-refractivity contribution in [2.75, 3.05) is 0 Å². The molecule has 0 spiro atoms. The van der Waals surface area contributed by atoms with E-state index in [4.69, 9.17) is 0 Å². The minimum absolute atomic E-state index is 1.10. The van der Waals surface area contributed by atoms with Crippen LogP contribution in [0.1, 0.15) is 36.5 Å². The fourth-order valence-electron chi connectivity index (χ4n) is 2.94. The summed E-state index contributed by atoms with van der Waals surface area (Å²) >= 11 is 3.58. The quantitative estimate of drug-likeness (QED) is 0.691. The number of halogens is 1. The van der Waals surface area contributed by atoms with Gasteiger partial charge in [-0.05, 0) is 47.2 Å². The Balaban J connectivity index is 2.14. The van der Waals surface area contributed by atoms with Crippen LogP contribution in [0.5, 0.6) is 0 Å². The summed E-state index contributed by atoms with van der Waals surface area (Å²) < 4.78 is 1.18. The Morgan fingerprint density at radius 2 is 1.84 bits per heavy atom. The lowest BCUT2D eigenvalue weighted by Crippen LogP contribution is -1.88. The zero-order valence-electron chi connectivity index (χ0n) is 11.1. The molecular formula is C18H17Br. The average molecular weight is 313 g/mol.